The molecule has 2 heteroatoms. The molecule has 0 unspecified atom stereocenters. The highest BCUT2D eigenvalue weighted by Crippen LogP contribution is 2.49. The molecule has 0 spiro atoms. The van der Waals surface area contributed by atoms with Gasteiger partial charge in [0.1, 0.15) is 0 Å². The van der Waals surface area contributed by atoms with E-state index in [4.69, 9.17) is 0 Å². The average molecular weight is 687 g/mol. The highest BCUT2D eigenvalue weighted by atomic mass is 15.0. The normalized spacial score (nSPS) is 13.0. The standard InChI is InChI=1S/C52H34N2/c1-3-17-39(18-4-1)53-47(37-27-25-33-13-7-9-15-35(33)29-37)31-45-41-21-12-24-44-50(41)49-42(22-11-23-43(49)51(45)53)46-32-48(54(52(44)46)40-19-5-2-6-20-40)38-28-26-34-14-8-10-16-36(34)30-38/h1-7,9,11-32H,8,10H2. The summed E-state index contributed by atoms with van der Waals surface area (Å²) in [6.07, 6.45) is 6.97. The van der Waals surface area contributed by atoms with Crippen LogP contribution in [-0.2, 0) is 0 Å². The zero-order valence-corrected chi connectivity index (χ0v) is 29.6. The maximum atomic E-state index is 2.51. The maximum absolute atomic E-state index is 2.51. The number of rotatable bonds is 4. The van der Waals surface area contributed by atoms with Gasteiger partial charge in [0, 0.05) is 43.7 Å². The second kappa shape index (κ2) is 11.3. The van der Waals surface area contributed by atoms with Crippen LogP contribution in [0.1, 0.15) is 12.8 Å². The SMILES string of the molecule is C1=c2ccc(-c3cc4c5cccc6c5c5c(cccc5c4n3-c3ccccc3)c3cc(-c4ccc5ccccc5c4)n(-c4ccccc4)c36)cc2=CCC1. The van der Waals surface area contributed by atoms with E-state index < -0.39 is 0 Å². The summed E-state index contributed by atoms with van der Waals surface area (Å²) in [6, 6.07) is 63.2. The summed E-state index contributed by atoms with van der Waals surface area (Å²) in [4.78, 5) is 0. The molecular weight excluding hydrogens is 653 g/mol. The van der Waals surface area contributed by atoms with E-state index >= 15 is 0 Å². The fourth-order valence-electron chi connectivity index (χ4n) is 9.49. The molecule has 0 bridgehead atoms. The van der Waals surface area contributed by atoms with Gasteiger partial charge < -0.3 is 9.13 Å². The van der Waals surface area contributed by atoms with Crippen LogP contribution in [0.25, 0.3) is 111 Å². The lowest BCUT2D eigenvalue weighted by molar-refractivity contribution is 1.11. The smallest absolute Gasteiger partial charge is 0.0620 e. The van der Waals surface area contributed by atoms with Crippen LogP contribution in [0.2, 0.25) is 0 Å². The Morgan fingerprint density at radius 3 is 1.44 bits per heavy atom. The summed E-state index contributed by atoms with van der Waals surface area (Å²) in [7, 11) is 0. The molecule has 0 radical (unpaired) electrons. The van der Waals surface area contributed by atoms with Crippen molar-refractivity contribution in [2.24, 2.45) is 0 Å². The maximum Gasteiger partial charge on any atom is 0.0620 e. The quantitative estimate of drug-likeness (QED) is 0.163. The average Bonchev–Trinajstić information content (AvgIpc) is 3.85. The third-order valence-electron chi connectivity index (χ3n) is 11.8. The molecule has 54 heavy (non-hydrogen) atoms. The Labute approximate surface area is 312 Å². The summed E-state index contributed by atoms with van der Waals surface area (Å²) in [5.41, 5.74) is 9.69. The minimum atomic E-state index is 1.09. The lowest BCUT2D eigenvalue weighted by Crippen LogP contribution is -2.26. The lowest BCUT2D eigenvalue weighted by atomic mass is 9.89. The van der Waals surface area contributed by atoms with Crippen LogP contribution in [0.5, 0.6) is 0 Å². The van der Waals surface area contributed by atoms with E-state index in [2.05, 4.69) is 191 Å². The molecule has 2 aromatic heterocycles. The topological polar surface area (TPSA) is 9.86 Å². The third kappa shape index (κ3) is 4.17. The zero-order valence-electron chi connectivity index (χ0n) is 29.6. The van der Waals surface area contributed by atoms with Gasteiger partial charge in [0.05, 0.1) is 22.4 Å². The van der Waals surface area contributed by atoms with Gasteiger partial charge in [-0.25, -0.2) is 0 Å². The zero-order chi connectivity index (χ0) is 35.3. The van der Waals surface area contributed by atoms with Crippen molar-refractivity contribution in [1.82, 2.24) is 9.13 Å². The van der Waals surface area contributed by atoms with E-state index in [-0.39, 0.29) is 0 Å². The van der Waals surface area contributed by atoms with Gasteiger partial charge in [-0.1, -0.05) is 133 Å². The number of para-hydroxylation sites is 2. The Kier molecular flexibility index (Phi) is 6.20. The van der Waals surface area contributed by atoms with Crippen LogP contribution in [-0.4, -0.2) is 9.13 Å². The van der Waals surface area contributed by atoms with Gasteiger partial charge in [-0.15, -0.1) is 0 Å². The monoisotopic (exact) mass is 686 g/mol. The van der Waals surface area contributed by atoms with Crippen molar-refractivity contribution in [1.29, 1.82) is 0 Å². The highest BCUT2D eigenvalue weighted by molar-refractivity contribution is 6.40. The summed E-state index contributed by atoms with van der Waals surface area (Å²) in [5.74, 6) is 0. The Hall–Kier alpha value is -6.90. The van der Waals surface area contributed by atoms with Crippen molar-refractivity contribution < 1.29 is 0 Å². The highest BCUT2D eigenvalue weighted by Gasteiger charge is 2.25. The minimum absolute atomic E-state index is 1.09. The summed E-state index contributed by atoms with van der Waals surface area (Å²) >= 11 is 0. The van der Waals surface area contributed by atoms with Crippen molar-refractivity contribution in [3.8, 4) is 33.9 Å². The summed E-state index contributed by atoms with van der Waals surface area (Å²) in [5, 5.41) is 15.5. The van der Waals surface area contributed by atoms with Gasteiger partial charge in [0.2, 0.25) is 0 Å². The molecule has 2 nitrogen and oxygen atoms in total. The first kappa shape index (κ1) is 29.7. The van der Waals surface area contributed by atoms with Crippen LogP contribution < -0.4 is 10.4 Å². The van der Waals surface area contributed by atoms with Gasteiger partial charge in [-0.2, -0.15) is 0 Å². The van der Waals surface area contributed by atoms with Crippen LogP contribution in [0, 0.1) is 0 Å². The molecule has 11 aromatic rings. The number of aromatic nitrogens is 2. The third-order valence-corrected chi connectivity index (χ3v) is 11.8. The molecule has 0 saturated heterocycles. The predicted octanol–water partition coefficient (Wildman–Crippen LogP) is 12.3. The van der Waals surface area contributed by atoms with Crippen LogP contribution in [0.4, 0.5) is 0 Å². The first-order valence-electron chi connectivity index (χ1n) is 19.0. The van der Waals surface area contributed by atoms with Crippen LogP contribution in [0.3, 0.4) is 0 Å². The van der Waals surface area contributed by atoms with E-state index in [1.165, 1.54) is 104 Å². The van der Waals surface area contributed by atoms with E-state index in [0.717, 1.165) is 18.5 Å². The Morgan fingerprint density at radius 1 is 0.333 bits per heavy atom. The molecule has 2 heterocycles. The number of nitrogens with zero attached hydrogens (tertiary/aromatic N) is 2. The number of benzene rings is 9. The van der Waals surface area contributed by atoms with Gasteiger partial charge in [-0.3, -0.25) is 0 Å². The molecule has 0 saturated carbocycles. The van der Waals surface area contributed by atoms with Gasteiger partial charge in [0.15, 0.2) is 0 Å². The number of hydrogen-bond donors (Lipinski definition) is 0. The first-order chi connectivity index (χ1) is 26.8. The molecule has 0 amide bonds. The van der Waals surface area contributed by atoms with Crippen molar-refractivity contribution in [3.05, 3.63) is 180 Å². The van der Waals surface area contributed by atoms with Crippen LogP contribution in [0.15, 0.2) is 170 Å². The molecule has 0 N–H and O–H groups in total. The molecule has 1 aliphatic rings. The molecule has 9 aromatic carbocycles. The molecule has 0 aliphatic heterocycles. The first-order valence-corrected chi connectivity index (χ1v) is 19.0. The molecular formula is C52H34N2. The predicted molar refractivity (Wildman–Crippen MR) is 230 cm³/mol. The Bertz CT molecular complexity index is 3420. The second-order valence-corrected chi connectivity index (χ2v) is 14.8. The Morgan fingerprint density at radius 2 is 0.833 bits per heavy atom. The Balaban J connectivity index is 1.26. The fraction of sp³-hybridized carbons (Fsp3) is 0.0385. The second-order valence-electron chi connectivity index (χ2n) is 14.8. The minimum Gasteiger partial charge on any atom is -0.309 e. The fourth-order valence-corrected chi connectivity index (χ4v) is 9.49. The van der Waals surface area contributed by atoms with Crippen LogP contribution >= 0.6 is 0 Å². The lowest BCUT2D eigenvalue weighted by Gasteiger charge is -2.18. The van der Waals surface area contributed by atoms with Gasteiger partial charge in [0.25, 0.3) is 0 Å². The van der Waals surface area contributed by atoms with E-state index in [1.54, 1.807) is 0 Å². The van der Waals surface area contributed by atoms with Crippen molar-refractivity contribution >= 4 is 77.0 Å². The summed E-state index contributed by atoms with van der Waals surface area (Å²) < 4.78 is 5.02. The molecule has 252 valence electrons. The molecule has 0 fully saturated rings. The van der Waals surface area contributed by atoms with Gasteiger partial charge >= 0.3 is 0 Å². The largest absolute Gasteiger partial charge is 0.309 e. The van der Waals surface area contributed by atoms with Crippen molar-refractivity contribution in [2.75, 3.05) is 0 Å². The summed E-state index contributed by atoms with van der Waals surface area (Å²) in [6.45, 7) is 0. The molecule has 0 atom stereocenters. The van der Waals surface area contributed by atoms with E-state index in [9.17, 15) is 0 Å². The molecule has 1 aliphatic carbocycles. The van der Waals surface area contributed by atoms with E-state index in [1.807, 2.05) is 0 Å². The number of fused-ring (bicyclic) bond motifs is 8. The number of hydrogen-bond acceptors (Lipinski definition) is 0. The van der Waals surface area contributed by atoms with E-state index in [0.29, 0.717) is 0 Å². The van der Waals surface area contributed by atoms with Crippen molar-refractivity contribution in [2.45, 2.75) is 12.8 Å². The van der Waals surface area contributed by atoms with Gasteiger partial charge in [-0.05, 0) is 104 Å². The molecule has 12 rings (SSSR count). The van der Waals surface area contributed by atoms with Crippen molar-refractivity contribution in [3.63, 3.8) is 0 Å².